The van der Waals surface area contributed by atoms with Gasteiger partial charge in [0.15, 0.2) is 6.10 Å². The Balaban J connectivity index is 1.13. The van der Waals surface area contributed by atoms with Crippen LogP contribution in [0.15, 0.2) is 67.0 Å². The van der Waals surface area contributed by atoms with Gasteiger partial charge in [-0.25, -0.2) is 26.0 Å². The molecular weight excluding hydrogens is 693 g/mol. The van der Waals surface area contributed by atoms with Crippen LogP contribution in [-0.4, -0.2) is 99.0 Å². The maximum Gasteiger partial charge on any atom is 0.430 e. The first kappa shape index (κ1) is 35.6. The maximum absolute atomic E-state index is 13.8. The molecule has 3 unspecified atom stereocenters. The summed E-state index contributed by atoms with van der Waals surface area (Å²) in [6.45, 7) is 18.3. The van der Waals surface area contributed by atoms with Gasteiger partial charge in [0, 0.05) is 17.5 Å². The Morgan fingerprint density at radius 3 is 2.47 bits per heavy atom. The molecule has 8 rings (SSSR count). The summed E-state index contributed by atoms with van der Waals surface area (Å²) in [5.41, 5.74) is 0.476. The Morgan fingerprint density at radius 2 is 1.77 bits per heavy atom. The molecular formula is C39H43N7O6P+. The molecule has 2 bridgehead atoms. The second-order valence-electron chi connectivity index (χ2n) is 14.7. The van der Waals surface area contributed by atoms with Gasteiger partial charge in [0.2, 0.25) is 12.8 Å². The molecule has 274 valence electrons. The van der Waals surface area contributed by atoms with Crippen molar-refractivity contribution in [2.45, 2.75) is 77.2 Å². The molecule has 53 heavy (non-hydrogen) atoms. The van der Waals surface area contributed by atoms with Crippen molar-refractivity contribution in [3.8, 4) is 5.69 Å². The lowest BCUT2D eigenvalue weighted by Crippen LogP contribution is -2.64. The highest BCUT2D eigenvalue weighted by molar-refractivity contribution is 7.44. The predicted molar refractivity (Wildman–Crippen MR) is 202 cm³/mol. The molecule has 3 aliphatic rings. The molecule has 14 heteroatoms. The number of nitrogens with one attached hydrogen (secondary N) is 1. The molecule has 0 radical (unpaired) electrons. The molecule has 3 amide bonds. The average Bonchev–Trinajstić information content (AvgIpc) is 3.85. The minimum Gasteiger partial charge on any atom is -0.363 e. The first-order valence-corrected chi connectivity index (χ1v) is 19.2. The van der Waals surface area contributed by atoms with Gasteiger partial charge >= 0.3 is 6.03 Å². The zero-order valence-electron chi connectivity index (χ0n) is 30.6. The number of urea groups is 1. The number of nitrogens with zero attached hydrogens (tertiary/aromatic N) is 6. The summed E-state index contributed by atoms with van der Waals surface area (Å²) in [4.78, 5) is 30.8. The molecule has 2 saturated heterocycles. The Hall–Kier alpha value is -4.38. The molecule has 6 atom stereocenters. The first-order valence-electron chi connectivity index (χ1n) is 18.0. The Labute approximate surface area is 309 Å². The number of hydrogen-bond acceptors (Lipinski definition) is 9. The number of likely N-dealkylation sites (N-methyl/N-ethyl adjacent to an activating group) is 1. The van der Waals surface area contributed by atoms with Gasteiger partial charge in [0.05, 0.1) is 25.5 Å². The number of carbonyl (C=O) groups excluding carboxylic acids is 2. The van der Waals surface area contributed by atoms with Crippen molar-refractivity contribution < 1.29 is 32.6 Å². The third-order valence-electron chi connectivity index (χ3n) is 10.8. The zero-order chi connectivity index (χ0) is 37.2. The van der Waals surface area contributed by atoms with Crippen molar-refractivity contribution in [1.82, 2.24) is 25.0 Å². The van der Waals surface area contributed by atoms with Crippen LogP contribution in [0.1, 0.15) is 46.7 Å². The van der Waals surface area contributed by atoms with E-state index in [2.05, 4.69) is 101 Å². The summed E-state index contributed by atoms with van der Waals surface area (Å²) < 4.78 is 29.7. The summed E-state index contributed by atoms with van der Waals surface area (Å²) in [6.07, 6.45) is 1.82. The molecule has 1 N–H and O–H groups in total. The van der Waals surface area contributed by atoms with Crippen molar-refractivity contribution in [3.05, 3.63) is 84.1 Å². The largest absolute Gasteiger partial charge is 0.430 e. The second kappa shape index (κ2) is 13.5. The minimum absolute atomic E-state index is 0.104. The fourth-order valence-corrected chi connectivity index (χ4v) is 9.96. The van der Waals surface area contributed by atoms with Gasteiger partial charge in [0.1, 0.15) is 35.8 Å². The van der Waals surface area contributed by atoms with Gasteiger partial charge in [-0.3, -0.25) is 4.79 Å². The topological polar surface area (TPSA) is 121 Å². The number of fused-ring (bicyclic) bond motifs is 2. The van der Waals surface area contributed by atoms with E-state index in [-0.39, 0.29) is 37.4 Å². The number of aromatic nitrogens is 3. The summed E-state index contributed by atoms with van der Waals surface area (Å²) in [7, 11) is 0.0930. The van der Waals surface area contributed by atoms with Crippen LogP contribution in [0.25, 0.3) is 48.4 Å². The first-order chi connectivity index (χ1) is 25.5. The Kier molecular flexibility index (Phi) is 9.07. The molecule has 3 aliphatic heterocycles. The van der Waals surface area contributed by atoms with Gasteiger partial charge in [-0.15, -0.1) is 5.10 Å². The summed E-state index contributed by atoms with van der Waals surface area (Å²) in [5.74, 6) is -0.573. The lowest BCUT2D eigenvalue weighted by atomic mass is 9.93. The number of hydrogen-bond donors (Lipinski definition) is 1. The van der Waals surface area contributed by atoms with Gasteiger partial charge in [-0.1, -0.05) is 60.7 Å². The third kappa shape index (κ3) is 5.72. The minimum atomic E-state index is -1.61. The van der Waals surface area contributed by atoms with Gasteiger partial charge < -0.3 is 23.4 Å². The van der Waals surface area contributed by atoms with Crippen molar-refractivity contribution >= 4 is 58.4 Å². The fourth-order valence-electron chi connectivity index (χ4n) is 8.16. The lowest BCUT2D eigenvalue weighted by Gasteiger charge is -2.40. The van der Waals surface area contributed by atoms with Crippen molar-refractivity contribution in [3.63, 3.8) is 0 Å². The van der Waals surface area contributed by atoms with Crippen molar-refractivity contribution in [2.75, 3.05) is 26.8 Å². The van der Waals surface area contributed by atoms with E-state index >= 15 is 0 Å². The number of ether oxygens (including phenoxy) is 2. The molecule has 4 aromatic carbocycles. The molecule has 5 aromatic rings. The van der Waals surface area contributed by atoms with E-state index in [1.165, 1.54) is 5.39 Å². The number of rotatable bonds is 12. The predicted octanol–water partition coefficient (Wildman–Crippen LogP) is 6.77. The SMILES string of the molecule is [C-]#[N+]CCOP(OC1[C@@H]2OC[C@]1(CC)O[C@H]2[N+]1(C)C=C(c2cn(-c3ccc4ccc5cccc6ccc3c4c56)nn2)C(=O)NC1=O)N(C(C)C)C(C)C. The smallest absolute Gasteiger partial charge is 0.363 e. The van der Waals surface area contributed by atoms with Crippen LogP contribution in [0.4, 0.5) is 4.79 Å². The van der Waals surface area contributed by atoms with E-state index in [0.717, 1.165) is 32.6 Å². The quantitative estimate of drug-likeness (QED) is 0.0486. The van der Waals surface area contributed by atoms with Crippen LogP contribution in [0, 0.1) is 6.57 Å². The molecule has 4 heterocycles. The fraction of sp³-hybridized carbons (Fsp3) is 0.410. The summed E-state index contributed by atoms with van der Waals surface area (Å²) in [6, 6.07) is 18.5. The number of carbonyl (C=O) groups is 2. The Morgan fingerprint density at radius 1 is 1.08 bits per heavy atom. The monoisotopic (exact) mass is 736 g/mol. The van der Waals surface area contributed by atoms with E-state index < -0.39 is 49.0 Å². The molecule has 2 fully saturated rings. The van der Waals surface area contributed by atoms with Gasteiger partial charge in [-0.05, 0) is 67.1 Å². The van der Waals surface area contributed by atoms with E-state index in [0.29, 0.717) is 12.1 Å². The van der Waals surface area contributed by atoms with Crippen LogP contribution in [-0.2, 0) is 23.3 Å². The average molecular weight is 737 g/mol. The number of imide groups is 1. The molecule has 0 saturated carbocycles. The Bertz CT molecular complexity index is 2280. The number of amides is 3. The van der Waals surface area contributed by atoms with Crippen molar-refractivity contribution in [2.24, 2.45) is 0 Å². The second-order valence-corrected chi connectivity index (χ2v) is 16.1. The standard InChI is InChI=1S/C39H42N7O6P/c1-8-39-22-49-34(35(39)52-53(50-19-18-40-6)45(23(2)3)24(4)5)37(51-39)46(7)21-29(36(47)41-38(46)48)30-20-44(43-42-30)31-17-15-27-13-12-25-10-9-11-26-14-16-28(31)33(27)32(25)26/h9-17,20-21,23-24,34-35,37H,8,18-19,22H2,1-5,7H3/p+1/t34-,35?,37+,39-,46?,53?/m0/s1. The van der Waals surface area contributed by atoms with Crippen LogP contribution < -0.4 is 5.32 Å². The van der Waals surface area contributed by atoms with E-state index in [4.69, 9.17) is 25.1 Å². The molecule has 0 aliphatic carbocycles. The van der Waals surface area contributed by atoms with Crippen LogP contribution in [0.2, 0.25) is 0 Å². The van der Waals surface area contributed by atoms with E-state index in [1.807, 2.05) is 13.0 Å². The third-order valence-corrected chi connectivity index (χ3v) is 12.9. The summed E-state index contributed by atoms with van der Waals surface area (Å²) in [5, 5.41) is 18.2. The van der Waals surface area contributed by atoms with Gasteiger partial charge in [-0.2, -0.15) is 4.48 Å². The van der Waals surface area contributed by atoms with Crippen LogP contribution in [0.3, 0.4) is 0 Å². The number of quaternary nitrogens is 1. The zero-order valence-corrected chi connectivity index (χ0v) is 31.5. The normalized spacial score (nSPS) is 26.4. The van der Waals surface area contributed by atoms with E-state index in [9.17, 15) is 9.59 Å². The van der Waals surface area contributed by atoms with Crippen molar-refractivity contribution in [1.29, 1.82) is 0 Å². The lowest BCUT2D eigenvalue weighted by molar-refractivity contribution is -0.839. The summed E-state index contributed by atoms with van der Waals surface area (Å²) >= 11 is 0. The molecule has 1 aromatic heterocycles. The van der Waals surface area contributed by atoms with Crippen LogP contribution in [0.5, 0.6) is 0 Å². The van der Waals surface area contributed by atoms with E-state index in [1.54, 1.807) is 24.1 Å². The van der Waals surface area contributed by atoms with Gasteiger partial charge in [0.25, 0.3) is 14.4 Å². The molecule has 0 spiro atoms. The highest BCUT2D eigenvalue weighted by Crippen LogP contribution is 2.55. The highest BCUT2D eigenvalue weighted by Gasteiger charge is 2.69. The van der Waals surface area contributed by atoms with Crippen LogP contribution >= 0.6 is 8.53 Å². The maximum atomic E-state index is 13.8. The molecule has 13 nitrogen and oxygen atoms in total. The highest BCUT2D eigenvalue weighted by atomic mass is 31.2. The number of benzene rings is 4.